The van der Waals surface area contributed by atoms with E-state index in [1.165, 1.54) is 4.90 Å². The van der Waals surface area contributed by atoms with Crippen molar-refractivity contribution in [3.05, 3.63) is 103 Å². The summed E-state index contributed by atoms with van der Waals surface area (Å²) in [4.78, 5) is 27.0. The van der Waals surface area contributed by atoms with Crippen LogP contribution in [0.15, 0.2) is 76.1 Å². The third-order valence-corrected chi connectivity index (χ3v) is 6.90. The monoisotopic (exact) mass is 547 g/mol. The minimum Gasteiger partial charge on any atom is -0.488 e. The molecule has 1 aliphatic rings. The Bertz CT molecular complexity index is 1230. The second-order valence-corrected chi connectivity index (χ2v) is 9.64. The number of nitrogens with zero attached hydrogens (tertiary/aromatic N) is 1. The molecule has 1 fully saturated rings. The first-order valence-electron chi connectivity index (χ1n) is 9.57. The third-order valence-electron chi connectivity index (χ3n) is 4.76. The van der Waals surface area contributed by atoms with Gasteiger partial charge in [0.05, 0.1) is 11.4 Å². The van der Waals surface area contributed by atoms with Crippen molar-refractivity contribution in [1.29, 1.82) is 0 Å². The first-order chi connectivity index (χ1) is 15.4. The maximum Gasteiger partial charge on any atom is 0.293 e. The van der Waals surface area contributed by atoms with Crippen LogP contribution < -0.4 is 4.74 Å². The summed E-state index contributed by atoms with van der Waals surface area (Å²) in [5.74, 6) is 0.211. The maximum atomic E-state index is 13.0. The Morgan fingerprint density at radius 1 is 0.938 bits per heavy atom. The summed E-state index contributed by atoms with van der Waals surface area (Å²) >= 11 is 16.8. The highest BCUT2D eigenvalue weighted by atomic mass is 79.9. The molecule has 0 spiro atoms. The van der Waals surface area contributed by atoms with Gasteiger partial charge < -0.3 is 4.74 Å². The highest BCUT2D eigenvalue weighted by molar-refractivity contribution is 9.10. The molecule has 0 saturated carbocycles. The van der Waals surface area contributed by atoms with Gasteiger partial charge in [-0.15, -0.1) is 0 Å². The lowest BCUT2D eigenvalue weighted by molar-refractivity contribution is -0.123. The van der Waals surface area contributed by atoms with E-state index >= 15 is 0 Å². The van der Waals surface area contributed by atoms with Crippen LogP contribution in [-0.2, 0) is 17.9 Å². The number of halogens is 3. The van der Waals surface area contributed by atoms with Crippen molar-refractivity contribution < 1.29 is 14.3 Å². The quantitative estimate of drug-likeness (QED) is 0.298. The molecule has 1 heterocycles. The SMILES string of the molecule is O=C1S/C(=C/c2cc(Br)ccc2OCc2ccccc2Cl)C(=O)N1Cc1ccccc1Cl. The molecule has 162 valence electrons. The molecular weight excluding hydrogens is 533 g/mol. The van der Waals surface area contributed by atoms with E-state index in [2.05, 4.69) is 15.9 Å². The van der Waals surface area contributed by atoms with Crippen molar-refractivity contribution in [2.75, 3.05) is 0 Å². The van der Waals surface area contributed by atoms with Crippen molar-refractivity contribution in [3.8, 4) is 5.75 Å². The number of carbonyl (C=O) groups is 2. The predicted molar refractivity (Wildman–Crippen MR) is 133 cm³/mol. The summed E-state index contributed by atoms with van der Waals surface area (Å²) in [6.07, 6.45) is 1.67. The van der Waals surface area contributed by atoms with Gasteiger partial charge in [-0.3, -0.25) is 14.5 Å². The molecule has 0 bridgehead atoms. The van der Waals surface area contributed by atoms with Gasteiger partial charge in [-0.2, -0.15) is 0 Å². The standard InChI is InChI=1S/C24H16BrCl2NO3S/c25-18-9-10-21(31-14-16-6-2-4-8-20(16)27)17(11-18)12-22-23(29)28(24(30)32-22)13-15-5-1-3-7-19(15)26/h1-12H,13-14H2/b22-12+. The smallest absolute Gasteiger partial charge is 0.293 e. The normalized spacial score (nSPS) is 15.0. The van der Waals surface area contributed by atoms with Gasteiger partial charge in [0.25, 0.3) is 11.1 Å². The minimum absolute atomic E-state index is 0.121. The minimum atomic E-state index is -0.364. The number of carbonyl (C=O) groups excluding carboxylic acids is 2. The fraction of sp³-hybridized carbons (Fsp3) is 0.0833. The second-order valence-electron chi connectivity index (χ2n) is 6.92. The molecule has 1 aliphatic heterocycles. The summed E-state index contributed by atoms with van der Waals surface area (Å²) in [5, 5.41) is 0.791. The van der Waals surface area contributed by atoms with Crippen LogP contribution in [0.2, 0.25) is 10.0 Å². The topological polar surface area (TPSA) is 46.6 Å². The first kappa shape index (κ1) is 22.9. The number of benzene rings is 3. The van der Waals surface area contributed by atoms with Crippen LogP contribution in [0.3, 0.4) is 0 Å². The highest BCUT2D eigenvalue weighted by Gasteiger charge is 2.35. The molecule has 8 heteroatoms. The zero-order chi connectivity index (χ0) is 22.7. The zero-order valence-corrected chi connectivity index (χ0v) is 20.5. The van der Waals surface area contributed by atoms with E-state index in [0.29, 0.717) is 31.8 Å². The van der Waals surface area contributed by atoms with Crippen LogP contribution in [0.5, 0.6) is 5.75 Å². The Hall–Kier alpha value is -2.25. The van der Waals surface area contributed by atoms with Gasteiger partial charge in [0, 0.05) is 25.6 Å². The lowest BCUT2D eigenvalue weighted by atomic mass is 10.1. The van der Waals surface area contributed by atoms with Crippen molar-refractivity contribution in [3.63, 3.8) is 0 Å². The molecule has 4 nitrogen and oxygen atoms in total. The van der Waals surface area contributed by atoms with Crippen LogP contribution in [0, 0.1) is 0 Å². The van der Waals surface area contributed by atoms with Crippen molar-refractivity contribution in [1.82, 2.24) is 4.90 Å². The Morgan fingerprint density at radius 2 is 1.59 bits per heavy atom. The first-order valence-corrected chi connectivity index (χ1v) is 11.9. The van der Waals surface area contributed by atoms with Gasteiger partial charge in [-0.05, 0) is 53.7 Å². The number of hydrogen-bond acceptors (Lipinski definition) is 4. The van der Waals surface area contributed by atoms with Crippen LogP contribution in [-0.4, -0.2) is 16.0 Å². The Balaban J connectivity index is 1.57. The van der Waals surface area contributed by atoms with E-state index in [1.54, 1.807) is 36.4 Å². The molecule has 1 saturated heterocycles. The number of amides is 2. The van der Waals surface area contributed by atoms with Crippen molar-refractivity contribution in [2.45, 2.75) is 13.2 Å². The van der Waals surface area contributed by atoms with Gasteiger partial charge in [0.1, 0.15) is 12.4 Å². The molecule has 3 aromatic carbocycles. The number of ether oxygens (including phenoxy) is 1. The highest BCUT2D eigenvalue weighted by Crippen LogP contribution is 2.36. The molecule has 2 amide bonds. The Labute approximate surface area is 208 Å². The molecule has 0 aliphatic carbocycles. The fourth-order valence-corrected chi connectivity index (χ4v) is 4.70. The predicted octanol–water partition coefficient (Wildman–Crippen LogP) is 7.57. The largest absolute Gasteiger partial charge is 0.488 e. The average molecular weight is 549 g/mol. The summed E-state index contributed by atoms with van der Waals surface area (Å²) in [6, 6.07) is 20.1. The van der Waals surface area contributed by atoms with E-state index in [9.17, 15) is 9.59 Å². The maximum absolute atomic E-state index is 13.0. The van der Waals surface area contributed by atoms with Gasteiger partial charge in [0.15, 0.2) is 0 Å². The third kappa shape index (κ3) is 5.21. The molecule has 0 unspecified atom stereocenters. The summed E-state index contributed by atoms with van der Waals surface area (Å²) in [7, 11) is 0. The van der Waals surface area contributed by atoms with Gasteiger partial charge in [-0.25, -0.2) is 0 Å². The molecule has 0 radical (unpaired) electrons. The summed E-state index contributed by atoms with van der Waals surface area (Å²) in [5.41, 5.74) is 2.24. The number of rotatable bonds is 6. The van der Waals surface area contributed by atoms with E-state index in [0.717, 1.165) is 21.8 Å². The van der Waals surface area contributed by atoms with Gasteiger partial charge in [0.2, 0.25) is 0 Å². The average Bonchev–Trinajstić information content (AvgIpc) is 3.03. The fourth-order valence-electron chi connectivity index (χ4n) is 3.11. The van der Waals surface area contributed by atoms with Gasteiger partial charge >= 0.3 is 0 Å². The molecule has 32 heavy (non-hydrogen) atoms. The van der Waals surface area contributed by atoms with E-state index in [1.807, 2.05) is 36.4 Å². The molecule has 3 aromatic rings. The van der Waals surface area contributed by atoms with E-state index in [4.69, 9.17) is 27.9 Å². The Morgan fingerprint density at radius 3 is 2.28 bits per heavy atom. The Kier molecular flexibility index (Phi) is 7.26. The molecule has 0 aromatic heterocycles. The molecule has 0 atom stereocenters. The second kappa shape index (κ2) is 10.1. The number of thioether (sulfide) groups is 1. The van der Waals surface area contributed by atoms with Crippen LogP contribution in [0.1, 0.15) is 16.7 Å². The van der Waals surface area contributed by atoms with E-state index < -0.39 is 0 Å². The van der Waals surface area contributed by atoms with E-state index in [-0.39, 0.29) is 24.3 Å². The van der Waals surface area contributed by atoms with Crippen LogP contribution in [0.4, 0.5) is 4.79 Å². The summed E-state index contributed by atoms with van der Waals surface area (Å²) < 4.78 is 6.81. The van der Waals surface area contributed by atoms with Crippen LogP contribution >= 0.6 is 50.9 Å². The van der Waals surface area contributed by atoms with Crippen molar-refractivity contribution in [2.24, 2.45) is 0 Å². The zero-order valence-electron chi connectivity index (χ0n) is 16.6. The number of imide groups is 1. The molecule has 4 rings (SSSR count). The lowest BCUT2D eigenvalue weighted by Crippen LogP contribution is -2.27. The lowest BCUT2D eigenvalue weighted by Gasteiger charge is -2.13. The molecular formula is C24H16BrCl2NO3S. The molecule has 0 N–H and O–H groups in total. The summed E-state index contributed by atoms with van der Waals surface area (Å²) in [6.45, 7) is 0.395. The van der Waals surface area contributed by atoms with Crippen molar-refractivity contribution >= 4 is 68.1 Å². The van der Waals surface area contributed by atoms with Gasteiger partial charge in [-0.1, -0.05) is 75.5 Å². The number of hydrogen-bond donors (Lipinski definition) is 0. The van der Waals surface area contributed by atoms with Crippen LogP contribution in [0.25, 0.3) is 6.08 Å².